The summed E-state index contributed by atoms with van der Waals surface area (Å²) in [5.41, 5.74) is 1.00. The summed E-state index contributed by atoms with van der Waals surface area (Å²) in [6.45, 7) is 5.37. The highest BCUT2D eigenvalue weighted by Gasteiger charge is 2.20. The molecule has 2 aromatic rings. The number of carbonyl (C=O) groups excluding carboxylic acids is 2. The van der Waals surface area contributed by atoms with Crippen LogP contribution < -0.4 is 10.0 Å². The number of nitrogens with one attached hydrogen (secondary N) is 2. The number of ether oxygens (including phenoxy) is 1. The topological polar surface area (TPSA) is 102 Å². The molecular weight excluding hydrogens is 428 g/mol. The Bertz CT molecular complexity index is 975. The lowest BCUT2D eigenvalue weighted by molar-refractivity contribution is -0.129. The van der Waals surface area contributed by atoms with Crippen LogP contribution in [0.5, 0.6) is 0 Å². The zero-order valence-corrected chi connectivity index (χ0v) is 18.6. The van der Waals surface area contributed by atoms with Crippen LogP contribution in [0.1, 0.15) is 43.1 Å². The van der Waals surface area contributed by atoms with Crippen LogP contribution in [0.25, 0.3) is 0 Å². The lowest BCUT2D eigenvalue weighted by atomic mass is 10.2. The lowest BCUT2D eigenvalue weighted by Crippen LogP contribution is -2.35. The summed E-state index contributed by atoms with van der Waals surface area (Å²) in [7, 11) is -3.66. The number of benzene rings is 2. The fourth-order valence-electron chi connectivity index (χ4n) is 2.40. The Kier molecular flexibility index (Phi) is 8.40. The number of halogens is 1. The van der Waals surface area contributed by atoms with Gasteiger partial charge in [-0.2, -0.15) is 0 Å². The summed E-state index contributed by atoms with van der Waals surface area (Å²) in [4.78, 5) is 24.5. The van der Waals surface area contributed by atoms with E-state index in [4.69, 9.17) is 16.3 Å². The molecule has 2 unspecified atom stereocenters. The first kappa shape index (κ1) is 23.9. The van der Waals surface area contributed by atoms with E-state index in [2.05, 4.69) is 10.0 Å². The van der Waals surface area contributed by atoms with Gasteiger partial charge in [0.15, 0.2) is 6.10 Å². The number of amides is 1. The molecule has 0 fully saturated rings. The molecule has 0 aromatic heterocycles. The van der Waals surface area contributed by atoms with Gasteiger partial charge in [-0.25, -0.2) is 17.9 Å². The fourth-order valence-corrected chi connectivity index (χ4v) is 3.86. The minimum atomic E-state index is -3.66. The molecule has 7 nitrogen and oxygen atoms in total. The Morgan fingerprint density at radius 3 is 2.20 bits per heavy atom. The molecule has 0 heterocycles. The van der Waals surface area contributed by atoms with E-state index in [0.717, 1.165) is 5.56 Å². The van der Waals surface area contributed by atoms with Crippen LogP contribution in [0.4, 0.5) is 0 Å². The van der Waals surface area contributed by atoms with Crippen molar-refractivity contribution in [2.75, 3.05) is 0 Å². The molecule has 0 spiro atoms. The first-order valence-corrected chi connectivity index (χ1v) is 11.3. The average molecular weight is 453 g/mol. The lowest BCUT2D eigenvalue weighted by Gasteiger charge is -2.14. The normalized spacial score (nSPS) is 13.3. The van der Waals surface area contributed by atoms with Crippen molar-refractivity contribution in [1.29, 1.82) is 0 Å². The molecule has 0 bridgehead atoms. The van der Waals surface area contributed by atoms with E-state index < -0.39 is 28.0 Å². The third kappa shape index (κ3) is 6.83. The molecule has 162 valence electrons. The molecular formula is C21H25ClN2O5S. The van der Waals surface area contributed by atoms with Crippen LogP contribution in [0.3, 0.4) is 0 Å². The Balaban J connectivity index is 1.93. The highest BCUT2D eigenvalue weighted by atomic mass is 35.5. The van der Waals surface area contributed by atoms with E-state index in [9.17, 15) is 18.0 Å². The summed E-state index contributed by atoms with van der Waals surface area (Å²) in [5, 5.41) is 3.28. The van der Waals surface area contributed by atoms with Crippen molar-refractivity contribution in [2.45, 2.75) is 50.8 Å². The number of sulfonamides is 1. The van der Waals surface area contributed by atoms with Crippen LogP contribution in [0.15, 0.2) is 53.4 Å². The number of carbonyl (C=O) groups is 2. The maximum atomic E-state index is 12.3. The number of rotatable bonds is 9. The SMILES string of the molecule is CCC(C)NS(=O)(=O)c1ccc(C(=O)OC(C)C(=O)NCc2ccc(Cl)cc2)cc1. The molecule has 0 aliphatic carbocycles. The standard InChI is InChI=1S/C21H25ClN2O5S/c1-4-14(2)24-30(27,28)19-11-7-17(8-12-19)21(26)29-15(3)20(25)23-13-16-5-9-18(22)10-6-16/h5-12,14-15,24H,4,13H2,1-3H3,(H,23,25). The molecule has 0 saturated carbocycles. The van der Waals surface area contributed by atoms with Crippen molar-refractivity contribution in [3.8, 4) is 0 Å². The van der Waals surface area contributed by atoms with Crippen molar-refractivity contribution in [3.63, 3.8) is 0 Å². The Morgan fingerprint density at radius 1 is 1.03 bits per heavy atom. The van der Waals surface area contributed by atoms with Crippen LogP contribution in [-0.4, -0.2) is 32.4 Å². The van der Waals surface area contributed by atoms with Crippen molar-refractivity contribution in [1.82, 2.24) is 10.0 Å². The minimum Gasteiger partial charge on any atom is -0.449 e. The molecule has 2 aromatic carbocycles. The Hall–Kier alpha value is -2.42. The Morgan fingerprint density at radius 2 is 1.63 bits per heavy atom. The van der Waals surface area contributed by atoms with Gasteiger partial charge in [-0.3, -0.25) is 4.79 Å². The van der Waals surface area contributed by atoms with Crippen molar-refractivity contribution in [3.05, 3.63) is 64.7 Å². The second kappa shape index (κ2) is 10.6. The molecule has 0 radical (unpaired) electrons. The summed E-state index contributed by atoms with van der Waals surface area (Å²) >= 11 is 5.82. The number of esters is 1. The van der Waals surface area contributed by atoms with E-state index in [0.29, 0.717) is 11.4 Å². The van der Waals surface area contributed by atoms with Gasteiger partial charge < -0.3 is 10.1 Å². The van der Waals surface area contributed by atoms with Gasteiger partial charge in [0.1, 0.15) is 0 Å². The van der Waals surface area contributed by atoms with E-state index >= 15 is 0 Å². The second-order valence-electron chi connectivity index (χ2n) is 6.85. The smallest absolute Gasteiger partial charge is 0.338 e. The molecule has 0 aliphatic rings. The molecule has 9 heteroatoms. The van der Waals surface area contributed by atoms with Gasteiger partial charge in [-0.05, 0) is 62.2 Å². The van der Waals surface area contributed by atoms with Crippen molar-refractivity contribution >= 4 is 33.5 Å². The highest BCUT2D eigenvalue weighted by molar-refractivity contribution is 7.89. The maximum Gasteiger partial charge on any atom is 0.338 e. The van der Waals surface area contributed by atoms with Crippen LogP contribution in [0, 0.1) is 0 Å². The van der Waals surface area contributed by atoms with Gasteiger partial charge in [0, 0.05) is 17.6 Å². The largest absolute Gasteiger partial charge is 0.449 e. The Labute approximate surface area is 181 Å². The van der Waals surface area contributed by atoms with E-state index in [1.807, 2.05) is 6.92 Å². The molecule has 2 N–H and O–H groups in total. The average Bonchev–Trinajstić information content (AvgIpc) is 2.72. The van der Waals surface area contributed by atoms with Gasteiger partial charge in [-0.15, -0.1) is 0 Å². The fraction of sp³-hybridized carbons (Fsp3) is 0.333. The minimum absolute atomic E-state index is 0.0492. The summed E-state index contributed by atoms with van der Waals surface area (Å²) in [6, 6.07) is 12.2. The number of hydrogen-bond acceptors (Lipinski definition) is 5. The second-order valence-corrected chi connectivity index (χ2v) is 9.00. The van der Waals surface area contributed by atoms with Gasteiger partial charge in [-0.1, -0.05) is 30.7 Å². The quantitative estimate of drug-likeness (QED) is 0.568. The maximum absolute atomic E-state index is 12.3. The predicted octanol–water partition coefficient (Wildman–Crippen LogP) is 3.28. The highest BCUT2D eigenvalue weighted by Crippen LogP contribution is 2.13. The number of hydrogen-bond donors (Lipinski definition) is 2. The van der Waals surface area contributed by atoms with Gasteiger partial charge in [0.25, 0.3) is 5.91 Å². The molecule has 2 rings (SSSR count). The zero-order chi connectivity index (χ0) is 22.3. The monoisotopic (exact) mass is 452 g/mol. The predicted molar refractivity (Wildman–Crippen MR) is 115 cm³/mol. The van der Waals surface area contributed by atoms with Crippen molar-refractivity contribution in [2.24, 2.45) is 0 Å². The van der Waals surface area contributed by atoms with Crippen molar-refractivity contribution < 1.29 is 22.7 Å². The molecule has 1 amide bonds. The molecule has 2 atom stereocenters. The van der Waals surface area contributed by atoms with E-state index in [1.54, 1.807) is 31.2 Å². The molecule has 0 aliphatic heterocycles. The summed E-state index contributed by atoms with van der Waals surface area (Å²) in [6.07, 6.45) is -0.359. The van der Waals surface area contributed by atoms with Gasteiger partial charge in [0.2, 0.25) is 10.0 Å². The van der Waals surface area contributed by atoms with Crippen LogP contribution in [0.2, 0.25) is 5.02 Å². The first-order valence-electron chi connectivity index (χ1n) is 9.48. The van der Waals surface area contributed by atoms with Crippen LogP contribution >= 0.6 is 11.6 Å². The first-order chi connectivity index (χ1) is 14.1. The summed E-state index contributed by atoms with van der Waals surface area (Å²) in [5.74, 6) is -1.17. The van der Waals surface area contributed by atoms with E-state index in [1.165, 1.54) is 31.2 Å². The third-order valence-corrected chi connectivity index (χ3v) is 6.26. The summed E-state index contributed by atoms with van der Waals surface area (Å²) < 4.78 is 32.3. The van der Waals surface area contributed by atoms with Gasteiger partial charge in [0.05, 0.1) is 10.5 Å². The third-order valence-electron chi connectivity index (χ3n) is 4.40. The molecule has 0 saturated heterocycles. The zero-order valence-electron chi connectivity index (χ0n) is 17.0. The van der Waals surface area contributed by atoms with E-state index in [-0.39, 0.29) is 23.0 Å². The molecule has 30 heavy (non-hydrogen) atoms. The van der Waals surface area contributed by atoms with Crippen LogP contribution in [-0.2, 0) is 26.1 Å². The van der Waals surface area contributed by atoms with Gasteiger partial charge >= 0.3 is 5.97 Å².